The molecule has 1 rings (SSSR count). The van der Waals surface area contributed by atoms with Crippen LogP contribution in [0.2, 0.25) is 14.8 Å². The molecule has 0 spiro atoms. The Morgan fingerprint density at radius 2 is 2.12 bits per heavy atom. The van der Waals surface area contributed by atoms with Crippen LogP contribution in [0.25, 0.3) is 0 Å². The minimum absolute atomic E-state index is 0.0369. The molecular formula is C12H20O3Sn. The van der Waals surface area contributed by atoms with Gasteiger partial charge in [-0.15, -0.1) is 0 Å². The van der Waals surface area contributed by atoms with Crippen molar-refractivity contribution in [3.05, 3.63) is 10.2 Å². The summed E-state index contributed by atoms with van der Waals surface area (Å²) in [6, 6.07) is 0. The average molecular weight is 331 g/mol. The second-order valence-corrected chi connectivity index (χ2v) is 20.2. The molecule has 4 heteroatoms. The number of ether oxygens (including phenoxy) is 1. The van der Waals surface area contributed by atoms with Crippen molar-refractivity contribution < 1.29 is 14.3 Å². The monoisotopic (exact) mass is 332 g/mol. The van der Waals surface area contributed by atoms with Gasteiger partial charge in [0.25, 0.3) is 0 Å². The van der Waals surface area contributed by atoms with Gasteiger partial charge in [0.2, 0.25) is 0 Å². The molecule has 90 valence electrons. The molecule has 0 aromatic heterocycles. The average Bonchev–Trinajstić information content (AvgIpc) is 2.58. The van der Waals surface area contributed by atoms with Gasteiger partial charge in [0, 0.05) is 0 Å². The molecule has 1 saturated carbocycles. The summed E-state index contributed by atoms with van der Waals surface area (Å²) < 4.78 is 6.25. The predicted octanol–water partition coefficient (Wildman–Crippen LogP) is 2.33. The molecule has 16 heavy (non-hydrogen) atoms. The van der Waals surface area contributed by atoms with E-state index in [0.29, 0.717) is 19.4 Å². The summed E-state index contributed by atoms with van der Waals surface area (Å²) in [6.45, 7) is 4.28. The molecule has 1 fully saturated rings. The van der Waals surface area contributed by atoms with Crippen LogP contribution in [-0.4, -0.2) is 36.7 Å². The minimum atomic E-state index is -2.14. The van der Waals surface area contributed by atoms with E-state index in [1.165, 1.54) is 0 Å². The number of hydrogen-bond acceptors (Lipinski definition) is 3. The first-order valence-electron chi connectivity index (χ1n) is 5.70. The van der Waals surface area contributed by atoms with E-state index in [1.807, 2.05) is 0 Å². The summed E-state index contributed by atoms with van der Waals surface area (Å²) >= 11 is -2.14. The first-order chi connectivity index (χ1) is 7.32. The first kappa shape index (κ1) is 13.7. The second-order valence-electron chi connectivity index (χ2n) is 5.37. The van der Waals surface area contributed by atoms with E-state index in [4.69, 9.17) is 4.74 Å². The second kappa shape index (κ2) is 5.34. The number of carbonyl (C=O) groups is 2. The fraction of sp³-hybridized carbons (Fsp3) is 0.667. The standard InChI is InChI=1S/C9H11O3.3CH3.Sn/c1-2-6-12-9(11)7-4-3-5-8(7)10;;;;/h7H,1,3-6H2;3*1H3;. The number of Topliss-reactive ketones (excluding diaryl/α,β-unsaturated/α-hetero) is 1. The van der Waals surface area contributed by atoms with Crippen LogP contribution < -0.4 is 0 Å². The SMILES string of the molecule is C=[C](COC(=O)C1CCCC1=O)[Sn]([CH3])([CH3])[CH3]. The van der Waals surface area contributed by atoms with Crippen molar-refractivity contribution >= 4 is 30.1 Å². The van der Waals surface area contributed by atoms with E-state index in [2.05, 4.69) is 21.4 Å². The molecule has 0 N–H and O–H groups in total. The number of carbonyl (C=O) groups excluding carboxylic acids is 2. The molecule has 0 heterocycles. The van der Waals surface area contributed by atoms with Crippen LogP contribution in [0.5, 0.6) is 0 Å². The maximum absolute atomic E-state index is 11.6. The van der Waals surface area contributed by atoms with Crippen molar-refractivity contribution in [1.29, 1.82) is 0 Å². The van der Waals surface area contributed by atoms with Crippen LogP contribution in [0.15, 0.2) is 10.2 Å². The quantitative estimate of drug-likeness (QED) is 0.451. The van der Waals surface area contributed by atoms with Gasteiger partial charge >= 0.3 is 101 Å². The van der Waals surface area contributed by atoms with Crippen molar-refractivity contribution in [2.75, 3.05) is 6.61 Å². The first-order valence-corrected chi connectivity index (χ1v) is 15.7. The van der Waals surface area contributed by atoms with Gasteiger partial charge in [-0.3, -0.25) is 0 Å². The molecule has 0 bridgehead atoms. The molecule has 0 amide bonds. The van der Waals surface area contributed by atoms with Gasteiger partial charge in [-0.25, -0.2) is 0 Å². The van der Waals surface area contributed by atoms with Gasteiger partial charge < -0.3 is 0 Å². The summed E-state index contributed by atoms with van der Waals surface area (Å²) in [5.74, 6) is -0.808. The Kier molecular flexibility index (Phi) is 4.59. The summed E-state index contributed by atoms with van der Waals surface area (Å²) in [7, 11) is 0. The van der Waals surface area contributed by atoms with Gasteiger partial charge in [-0.2, -0.15) is 0 Å². The number of rotatable bonds is 4. The molecule has 1 unspecified atom stereocenters. The zero-order valence-corrected chi connectivity index (χ0v) is 13.2. The zero-order chi connectivity index (χ0) is 12.3. The molecule has 1 aliphatic rings. The van der Waals surface area contributed by atoms with Crippen molar-refractivity contribution in [3.63, 3.8) is 0 Å². The van der Waals surface area contributed by atoms with Crippen LogP contribution in [-0.2, 0) is 14.3 Å². The van der Waals surface area contributed by atoms with E-state index in [1.54, 1.807) is 0 Å². The third kappa shape index (κ3) is 3.61. The van der Waals surface area contributed by atoms with Crippen molar-refractivity contribution in [3.8, 4) is 0 Å². The molecule has 0 aromatic carbocycles. The van der Waals surface area contributed by atoms with Crippen molar-refractivity contribution in [1.82, 2.24) is 0 Å². The van der Waals surface area contributed by atoms with Crippen molar-refractivity contribution in [2.24, 2.45) is 5.92 Å². The molecule has 0 aliphatic heterocycles. The summed E-state index contributed by atoms with van der Waals surface area (Å²) in [6.07, 6.45) is 2.00. The number of hydrogen-bond donors (Lipinski definition) is 0. The van der Waals surface area contributed by atoms with E-state index < -0.39 is 24.3 Å². The van der Waals surface area contributed by atoms with Gasteiger partial charge in [0.05, 0.1) is 0 Å². The normalized spacial score (nSPS) is 20.9. The van der Waals surface area contributed by atoms with Crippen LogP contribution in [0.4, 0.5) is 0 Å². The van der Waals surface area contributed by atoms with E-state index >= 15 is 0 Å². The van der Waals surface area contributed by atoms with Gasteiger partial charge in [-0.1, -0.05) is 0 Å². The summed E-state index contributed by atoms with van der Waals surface area (Å²) in [4.78, 5) is 29.7. The Hall–Kier alpha value is -0.321. The third-order valence-corrected chi connectivity index (χ3v) is 9.50. The van der Waals surface area contributed by atoms with Gasteiger partial charge in [0.1, 0.15) is 0 Å². The van der Waals surface area contributed by atoms with E-state index in [-0.39, 0.29) is 11.8 Å². The Balaban J connectivity index is 2.41. The van der Waals surface area contributed by atoms with E-state index in [0.717, 1.165) is 10.0 Å². The predicted molar refractivity (Wildman–Crippen MR) is 65.8 cm³/mol. The topological polar surface area (TPSA) is 43.4 Å². The van der Waals surface area contributed by atoms with Gasteiger partial charge in [-0.05, 0) is 0 Å². The molecule has 0 radical (unpaired) electrons. The molecule has 0 aromatic rings. The number of ketones is 1. The molecule has 1 atom stereocenters. The number of esters is 1. The zero-order valence-electron chi connectivity index (χ0n) is 10.3. The Morgan fingerprint density at radius 1 is 1.50 bits per heavy atom. The van der Waals surface area contributed by atoms with Crippen LogP contribution in [0, 0.1) is 5.92 Å². The molecule has 1 aliphatic carbocycles. The summed E-state index contributed by atoms with van der Waals surface area (Å²) in [5.41, 5.74) is 0. The van der Waals surface area contributed by atoms with Crippen LogP contribution in [0.3, 0.4) is 0 Å². The van der Waals surface area contributed by atoms with E-state index in [9.17, 15) is 9.59 Å². The molecule has 0 saturated heterocycles. The van der Waals surface area contributed by atoms with Crippen LogP contribution >= 0.6 is 0 Å². The molecule has 3 nitrogen and oxygen atoms in total. The Labute approximate surface area is 101 Å². The van der Waals surface area contributed by atoms with Crippen LogP contribution in [0.1, 0.15) is 19.3 Å². The fourth-order valence-corrected chi connectivity index (χ4v) is 2.98. The Bertz CT molecular complexity index is 315. The molecular weight excluding hydrogens is 311 g/mol. The third-order valence-electron chi connectivity index (χ3n) is 3.04. The maximum atomic E-state index is 11.6. The summed E-state index contributed by atoms with van der Waals surface area (Å²) in [5, 5.41) is 0. The Morgan fingerprint density at radius 3 is 2.56 bits per heavy atom. The fourth-order valence-electron chi connectivity index (χ4n) is 1.54. The van der Waals surface area contributed by atoms with Crippen molar-refractivity contribution in [2.45, 2.75) is 34.1 Å². The van der Waals surface area contributed by atoms with Gasteiger partial charge in [0.15, 0.2) is 0 Å².